The normalized spacial score (nSPS) is 40.3. The predicted molar refractivity (Wildman–Crippen MR) is 49.2 cm³/mol. The van der Waals surface area contributed by atoms with Gasteiger partial charge in [0.05, 0.1) is 11.6 Å². The molecule has 1 N–H and O–H groups in total. The predicted octanol–water partition coefficient (Wildman–Crippen LogP) is 0.912. The topological polar surface area (TPSA) is 40.5 Å². The molecule has 2 aliphatic rings. The molecule has 0 saturated carbocycles. The van der Waals surface area contributed by atoms with Crippen LogP contribution in [0.25, 0.3) is 0 Å². The molecule has 0 radical (unpaired) electrons. The summed E-state index contributed by atoms with van der Waals surface area (Å²) < 4.78 is 0. The third-order valence-corrected chi connectivity index (χ3v) is 3.39. The first-order chi connectivity index (χ1) is 6.11. The highest BCUT2D eigenvalue weighted by Crippen LogP contribution is 2.34. The zero-order valence-corrected chi connectivity index (χ0v) is 8.12. The number of hydrogen-bond acceptors (Lipinski definition) is 2. The Morgan fingerprint density at radius 2 is 2.31 bits per heavy atom. The van der Waals surface area contributed by atoms with Gasteiger partial charge in [-0.3, -0.25) is 4.79 Å². The van der Waals surface area contributed by atoms with Gasteiger partial charge in [-0.25, -0.2) is 0 Å². The second kappa shape index (κ2) is 2.98. The lowest BCUT2D eigenvalue weighted by atomic mass is 9.81. The summed E-state index contributed by atoms with van der Waals surface area (Å²) in [5.41, 5.74) is -0.645. The molecule has 0 spiro atoms. The zero-order chi connectivity index (χ0) is 9.47. The van der Waals surface area contributed by atoms with E-state index in [1.807, 2.05) is 11.8 Å². The third kappa shape index (κ3) is 1.46. The number of piperidine rings is 2. The van der Waals surface area contributed by atoms with Crippen molar-refractivity contribution in [3.63, 3.8) is 0 Å². The summed E-state index contributed by atoms with van der Waals surface area (Å²) in [5.74, 6) is 0.233. The van der Waals surface area contributed by atoms with Crippen molar-refractivity contribution in [2.45, 2.75) is 50.7 Å². The van der Waals surface area contributed by atoms with Crippen LogP contribution >= 0.6 is 0 Å². The molecule has 0 aromatic rings. The van der Waals surface area contributed by atoms with E-state index in [-0.39, 0.29) is 11.9 Å². The minimum absolute atomic E-state index is 0.0856. The number of hydrogen-bond donors (Lipinski definition) is 1. The van der Waals surface area contributed by atoms with E-state index in [1.165, 1.54) is 0 Å². The quantitative estimate of drug-likeness (QED) is 0.606. The highest BCUT2D eigenvalue weighted by molar-refractivity contribution is 5.78. The maximum absolute atomic E-state index is 11.5. The first-order valence-corrected chi connectivity index (χ1v) is 5.13. The molecule has 3 nitrogen and oxygen atoms in total. The Morgan fingerprint density at radius 3 is 3.00 bits per heavy atom. The monoisotopic (exact) mass is 183 g/mol. The Balaban J connectivity index is 2.19. The molecule has 2 rings (SSSR count). The van der Waals surface area contributed by atoms with Gasteiger partial charge in [-0.1, -0.05) is 0 Å². The molecule has 0 unspecified atom stereocenters. The molecule has 3 heteroatoms. The molecule has 2 heterocycles. The molecule has 74 valence electrons. The Morgan fingerprint density at radius 1 is 1.54 bits per heavy atom. The standard InChI is InChI=1S/C10H17NO2/c1-10(13)6-5-9(12)11-7-3-2-4-8(10)11/h8,13H,2-7H2,1H3/t8-,10+/m1/s1. The van der Waals surface area contributed by atoms with Crippen LogP contribution in [0.15, 0.2) is 0 Å². The van der Waals surface area contributed by atoms with Crippen LogP contribution in [0.2, 0.25) is 0 Å². The van der Waals surface area contributed by atoms with E-state index >= 15 is 0 Å². The van der Waals surface area contributed by atoms with Gasteiger partial charge < -0.3 is 10.0 Å². The smallest absolute Gasteiger partial charge is 0.223 e. The molecule has 2 saturated heterocycles. The number of nitrogens with zero attached hydrogens (tertiary/aromatic N) is 1. The molecule has 2 fully saturated rings. The summed E-state index contributed by atoms with van der Waals surface area (Å²) in [4.78, 5) is 13.4. The minimum Gasteiger partial charge on any atom is -0.388 e. The third-order valence-electron chi connectivity index (χ3n) is 3.39. The number of amides is 1. The maximum Gasteiger partial charge on any atom is 0.223 e. The van der Waals surface area contributed by atoms with Crippen molar-refractivity contribution in [2.75, 3.05) is 6.54 Å². The lowest BCUT2D eigenvalue weighted by Gasteiger charge is -2.47. The fourth-order valence-corrected chi connectivity index (χ4v) is 2.55. The number of fused-ring (bicyclic) bond motifs is 1. The van der Waals surface area contributed by atoms with Gasteiger partial charge >= 0.3 is 0 Å². The summed E-state index contributed by atoms with van der Waals surface area (Å²) >= 11 is 0. The number of carbonyl (C=O) groups excluding carboxylic acids is 1. The highest BCUT2D eigenvalue weighted by atomic mass is 16.3. The van der Waals surface area contributed by atoms with Gasteiger partial charge in [0, 0.05) is 13.0 Å². The fraction of sp³-hybridized carbons (Fsp3) is 0.900. The molecule has 13 heavy (non-hydrogen) atoms. The van der Waals surface area contributed by atoms with Gasteiger partial charge in [-0.15, -0.1) is 0 Å². The molecule has 2 atom stereocenters. The summed E-state index contributed by atoms with van der Waals surface area (Å²) in [6.07, 6.45) is 4.36. The van der Waals surface area contributed by atoms with E-state index < -0.39 is 5.60 Å². The summed E-state index contributed by atoms with van der Waals surface area (Å²) in [6, 6.07) is 0.0856. The van der Waals surface area contributed by atoms with Gasteiger partial charge in [0.2, 0.25) is 5.91 Å². The molecular formula is C10H17NO2. The van der Waals surface area contributed by atoms with Gasteiger partial charge in [0.25, 0.3) is 0 Å². The van der Waals surface area contributed by atoms with Gasteiger partial charge in [0.15, 0.2) is 0 Å². The lowest BCUT2D eigenvalue weighted by molar-refractivity contribution is -0.153. The zero-order valence-electron chi connectivity index (χ0n) is 8.12. The van der Waals surface area contributed by atoms with Crippen molar-refractivity contribution in [3.05, 3.63) is 0 Å². The Kier molecular flexibility index (Phi) is 2.06. The van der Waals surface area contributed by atoms with Gasteiger partial charge in [-0.05, 0) is 32.6 Å². The minimum atomic E-state index is -0.645. The summed E-state index contributed by atoms with van der Waals surface area (Å²) in [6.45, 7) is 2.71. The maximum atomic E-state index is 11.5. The van der Waals surface area contributed by atoms with Crippen LogP contribution in [0.5, 0.6) is 0 Å². The first-order valence-electron chi connectivity index (χ1n) is 5.13. The van der Waals surface area contributed by atoms with Crippen molar-refractivity contribution in [1.29, 1.82) is 0 Å². The van der Waals surface area contributed by atoms with Crippen molar-refractivity contribution in [2.24, 2.45) is 0 Å². The Bertz CT molecular complexity index is 225. The SMILES string of the molecule is C[C@]1(O)CCC(=O)N2CCCC[C@@H]21. The molecule has 0 aromatic carbocycles. The van der Waals surface area contributed by atoms with E-state index in [0.717, 1.165) is 25.8 Å². The number of rotatable bonds is 0. The van der Waals surface area contributed by atoms with Crippen molar-refractivity contribution in [3.8, 4) is 0 Å². The molecule has 0 aliphatic carbocycles. The Labute approximate surface area is 78.7 Å². The van der Waals surface area contributed by atoms with Crippen LogP contribution in [-0.2, 0) is 4.79 Å². The largest absolute Gasteiger partial charge is 0.388 e. The average molecular weight is 183 g/mol. The van der Waals surface area contributed by atoms with E-state index in [1.54, 1.807) is 0 Å². The van der Waals surface area contributed by atoms with Crippen LogP contribution in [0.3, 0.4) is 0 Å². The van der Waals surface area contributed by atoms with Crippen molar-refractivity contribution >= 4 is 5.91 Å². The number of aliphatic hydroxyl groups is 1. The summed E-state index contributed by atoms with van der Waals surface area (Å²) in [7, 11) is 0. The molecule has 1 amide bonds. The fourth-order valence-electron chi connectivity index (χ4n) is 2.55. The van der Waals surface area contributed by atoms with Crippen LogP contribution < -0.4 is 0 Å². The summed E-state index contributed by atoms with van der Waals surface area (Å²) in [5, 5.41) is 10.1. The van der Waals surface area contributed by atoms with Crippen LogP contribution in [0.1, 0.15) is 39.0 Å². The molecule has 0 aromatic heterocycles. The van der Waals surface area contributed by atoms with E-state index in [2.05, 4.69) is 0 Å². The van der Waals surface area contributed by atoms with Crippen molar-refractivity contribution in [1.82, 2.24) is 4.90 Å². The van der Waals surface area contributed by atoms with E-state index in [4.69, 9.17) is 0 Å². The molecule has 0 bridgehead atoms. The average Bonchev–Trinajstić information content (AvgIpc) is 2.13. The lowest BCUT2D eigenvalue weighted by Crippen LogP contribution is -2.59. The first kappa shape index (κ1) is 9.00. The van der Waals surface area contributed by atoms with E-state index in [9.17, 15) is 9.90 Å². The second-order valence-corrected chi connectivity index (χ2v) is 4.46. The Hall–Kier alpha value is -0.570. The van der Waals surface area contributed by atoms with Gasteiger partial charge in [-0.2, -0.15) is 0 Å². The van der Waals surface area contributed by atoms with Crippen LogP contribution in [0, 0.1) is 0 Å². The second-order valence-electron chi connectivity index (χ2n) is 4.46. The van der Waals surface area contributed by atoms with Crippen LogP contribution in [-0.4, -0.2) is 34.1 Å². The highest BCUT2D eigenvalue weighted by Gasteiger charge is 2.43. The van der Waals surface area contributed by atoms with E-state index in [0.29, 0.717) is 12.8 Å². The molecule has 2 aliphatic heterocycles. The van der Waals surface area contributed by atoms with Crippen molar-refractivity contribution < 1.29 is 9.90 Å². The molecular weight excluding hydrogens is 166 g/mol. The van der Waals surface area contributed by atoms with Gasteiger partial charge in [0.1, 0.15) is 0 Å². The number of carbonyl (C=O) groups is 1. The van der Waals surface area contributed by atoms with Crippen LogP contribution in [0.4, 0.5) is 0 Å².